The molecule has 6 nitrogen and oxygen atoms in total. The molecule has 2 aromatic heterocycles. The fourth-order valence-electron chi connectivity index (χ4n) is 5.31. The van der Waals surface area contributed by atoms with E-state index in [1.54, 1.807) is 24.3 Å². The van der Waals surface area contributed by atoms with Gasteiger partial charge in [-0.3, -0.25) is 19.2 Å². The van der Waals surface area contributed by atoms with Gasteiger partial charge in [-0.1, -0.05) is 84.9 Å². The summed E-state index contributed by atoms with van der Waals surface area (Å²) in [6, 6.07) is 36.6. The van der Waals surface area contributed by atoms with Gasteiger partial charge in [0.05, 0.1) is 32.9 Å². The predicted octanol–water partition coefficient (Wildman–Crippen LogP) is 5.22. The molecule has 0 N–H and O–H groups in total. The van der Waals surface area contributed by atoms with Crippen LogP contribution in [0.4, 0.5) is 0 Å². The molecule has 40 heavy (non-hydrogen) atoms. The molecule has 7 rings (SSSR count). The van der Waals surface area contributed by atoms with Crippen LogP contribution in [0.25, 0.3) is 55.2 Å². The van der Waals surface area contributed by atoms with Crippen LogP contribution in [-0.4, -0.2) is 9.13 Å². The van der Waals surface area contributed by atoms with Crippen LogP contribution in [0.15, 0.2) is 141 Å². The molecule has 0 saturated carbocycles. The molecule has 0 bridgehead atoms. The van der Waals surface area contributed by atoms with Crippen molar-refractivity contribution < 1.29 is 0 Å². The molecule has 0 atom stereocenters. The SMILES string of the molecule is O=c1c2cc3c(=O)n(-c4ccc(-c5ccccc5)cc4)c(=O)c3cc2c(=O)n1-c1ccc(-c2ccccc2)cc1. The second-order valence-corrected chi connectivity index (χ2v) is 9.66. The van der Waals surface area contributed by atoms with Gasteiger partial charge in [-0.05, 0) is 58.7 Å². The zero-order chi connectivity index (χ0) is 27.4. The summed E-state index contributed by atoms with van der Waals surface area (Å²) < 4.78 is 2.17. The van der Waals surface area contributed by atoms with Crippen molar-refractivity contribution in [1.82, 2.24) is 9.13 Å². The maximum Gasteiger partial charge on any atom is 0.266 e. The minimum absolute atomic E-state index is 0.110. The number of hydrogen-bond donors (Lipinski definition) is 0. The molecule has 0 saturated heterocycles. The average molecular weight is 521 g/mol. The first kappa shape index (κ1) is 23.5. The van der Waals surface area contributed by atoms with Crippen LogP contribution in [0.5, 0.6) is 0 Å². The lowest BCUT2D eigenvalue weighted by Crippen LogP contribution is -2.24. The van der Waals surface area contributed by atoms with Crippen molar-refractivity contribution >= 4 is 21.5 Å². The number of hydrogen-bond acceptors (Lipinski definition) is 4. The first-order chi connectivity index (χ1) is 19.5. The summed E-state index contributed by atoms with van der Waals surface area (Å²) in [6.45, 7) is 0. The number of benzene rings is 5. The van der Waals surface area contributed by atoms with Crippen LogP contribution >= 0.6 is 0 Å². The lowest BCUT2D eigenvalue weighted by Gasteiger charge is -2.04. The molecule has 2 heterocycles. The Balaban J connectivity index is 1.33. The summed E-state index contributed by atoms with van der Waals surface area (Å²) in [5, 5.41) is 0.438. The van der Waals surface area contributed by atoms with E-state index in [9.17, 15) is 19.2 Å². The average Bonchev–Trinajstić information content (AvgIpc) is 3.40. The third-order valence-electron chi connectivity index (χ3n) is 7.36. The van der Waals surface area contributed by atoms with Crippen molar-refractivity contribution in [2.75, 3.05) is 0 Å². The van der Waals surface area contributed by atoms with Crippen molar-refractivity contribution in [3.63, 3.8) is 0 Å². The largest absolute Gasteiger partial charge is 0.268 e. The molecule has 0 aliphatic carbocycles. The smallest absolute Gasteiger partial charge is 0.266 e. The Morgan fingerprint density at radius 2 is 0.600 bits per heavy atom. The Morgan fingerprint density at radius 1 is 0.325 bits per heavy atom. The lowest BCUT2D eigenvalue weighted by atomic mass is 10.1. The van der Waals surface area contributed by atoms with E-state index in [2.05, 4.69) is 0 Å². The molecular weight excluding hydrogens is 500 g/mol. The van der Waals surface area contributed by atoms with Gasteiger partial charge in [0.15, 0.2) is 0 Å². The van der Waals surface area contributed by atoms with Crippen molar-refractivity contribution in [3.05, 3.63) is 163 Å². The molecule has 0 aliphatic heterocycles. The highest BCUT2D eigenvalue weighted by Crippen LogP contribution is 2.23. The Bertz CT molecular complexity index is 2010. The predicted molar refractivity (Wildman–Crippen MR) is 158 cm³/mol. The third-order valence-corrected chi connectivity index (χ3v) is 7.36. The molecule has 0 amide bonds. The summed E-state index contributed by atoms with van der Waals surface area (Å²) in [5.41, 5.74) is 2.67. The van der Waals surface area contributed by atoms with Gasteiger partial charge >= 0.3 is 0 Å². The zero-order valence-electron chi connectivity index (χ0n) is 21.1. The lowest BCUT2D eigenvalue weighted by molar-refractivity contribution is 0.988. The standard InChI is InChI=1S/C34H20N2O4/c37-31-27-19-29-30(34(40)36(33(29)39)26-17-13-24(14-18-26)22-9-5-2-6-10-22)20-28(27)32(38)35(31)25-15-11-23(12-16-25)21-7-3-1-4-8-21/h1-20H. The van der Waals surface area contributed by atoms with Gasteiger partial charge in [0.25, 0.3) is 22.2 Å². The van der Waals surface area contributed by atoms with E-state index in [4.69, 9.17) is 0 Å². The molecule has 0 spiro atoms. The van der Waals surface area contributed by atoms with Gasteiger partial charge in [0, 0.05) is 0 Å². The summed E-state index contributed by atoms with van der Waals surface area (Å²) in [7, 11) is 0. The first-order valence-corrected chi connectivity index (χ1v) is 12.8. The van der Waals surface area contributed by atoms with Crippen LogP contribution in [0, 0.1) is 0 Å². The number of rotatable bonds is 4. The Hall–Kier alpha value is -5.62. The van der Waals surface area contributed by atoms with Crippen molar-refractivity contribution in [2.24, 2.45) is 0 Å². The summed E-state index contributed by atoms with van der Waals surface area (Å²) >= 11 is 0. The first-order valence-electron chi connectivity index (χ1n) is 12.8. The molecule has 7 aromatic rings. The number of fused-ring (bicyclic) bond motifs is 2. The molecule has 0 aliphatic rings. The van der Waals surface area contributed by atoms with Crippen molar-refractivity contribution in [3.8, 4) is 33.6 Å². The van der Waals surface area contributed by atoms with E-state index >= 15 is 0 Å². The molecule has 0 radical (unpaired) electrons. The maximum absolute atomic E-state index is 13.4. The fourth-order valence-corrected chi connectivity index (χ4v) is 5.31. The second kappa shape index (κ2) is 8.99. The Morgan fingerprint density at radius 3 is 0.900 bits per heavy atom. The third kappa shape index (κ3) is 3.58. The van der Waals surface area contributed by atoms with Crippen LogP contribution in [0.1, 0.15) is 0 Å². The molecule has 0 fully saturated rings. The summed E-state index contributed by atoms with van der Waals surface area (Å²) in [6.07, 6.45) is 0. The molecule has 190 valence electrons. The topological polar surface area (TPSA) is 78.1 Å². The van der Waals surface area contributed by atoms with Crippen LogP contribution < -0.4 is 22.2 Å². The van der Waals surface area contributed by atoms with Gasteiger partial charge in [-0.2, -0.15) is 0 Å². The van der Waals surface area contributed by atoms with Gasteiger partial charge in [-0.25, -0.2) is 9.13 Å². The normalized spacial score (nSPS) is 11.4. The Labute approximate surface area is 227 Å². The van der Waals surface area contributed by atoms with Crippen LogP contribution in [0.3, 0.4) is 0 Å². The molecule has 5 aromatic carbocycles. The number of nitrogens with zero attached hydrogens (tertiary/aromatic N) is 2. The Kier molecular flexibility index (Phi) is 5.28. The molecule has 6 heteroatoms. The number of aromatic nitrogens is 2. The van der Waals surface area contributed by atoms with E-state index in [0.29, 0.717) is 11.4 Å². The summed E-state index contributed by atoms with van der Waals surface area (Å²) in [4.78, 5) is 53.5. The van der Waals surface area contributed by atoms with E-state index < -0.39 is 22.2 Å². The zero-order valence-corrected chi connectivity index (χ0v) is 21.1. The van der Waals surface area contributed by atoms with E-state index in [0.717, 1.165) is 31.4 Å². The highest BCUT2D eigenvalue weighted by atomic mass is 16.2. The highest BCUT2D eigenvalue weighted by Gasteiger charge is 2.21. The molecular formula is C34H20N2O4. The minimum atomic E-state index is -0.527. The summed E-state index contributed by atoms with van der Waals surface area (Å²) in [5.74, 6) is 0. The highest BCUT2D eigenvalue weighted by molar-refractivity contribution is 5.98. The van der Waals surface area contributed by atoms with Crippen LogP contribution in [0.2, 0.25) is 0 Å². The minimum Gasteiger partial charge on any atom is -0.268 e. The fraction of sp³-hybridized carbons (Fsp3) is 0. The van der Waals surface area contributed by atoms with Gasteiger partial charge in [0.1, 0.15) is 0 Å². The second-order valence-electron chi connectivity index (χ2n) is 9.66. The van der Waals surface area contributed by atoms with Gasteiger partial charge in [0.2, 0.25) is 0 Å². The van der Waals surface area contributed by atoms with E-state index in [1.165, 1.54) is 12.1 Å². The monoisotopic (exact) mass is 520 g/mol. The van der Waals surface area contributed by atoms with Crippen LogP contribution in [-0.2, 0) is 0 Å². The van der Waals surface area contributed by atoms with Crippen molar-refractivity contribution in [2.45, 2.75) is 0 Å². The van der Waals surface area contributed by atoms with E-state index in [1.807, 2.05) is 84.9 Å². The maximum atomic E-state index is 13.4. The molecule has 0 unspecified atom stereocenters. The quantitative estimate of drug-likeness (QED) is 0.319. The van der Waals surface area contributed by atoms with Gasteiger partial charge < -0.3 is 0 Å². The van der Waals surface area contributed by atoms with Gasteiger partial charge in [-0.15, -0.1) is 0 Å². The van der Waals surface area contributed by atoms with Crippen molar-refractivity contribution in [1.29, 1.82) is 0 Å². The van der Waals surface area contributed by atoms with E-state index in [-0.39, 0.29) is 21.5 Å².